The SMILES string of the molecule is COC(=O)[C@H](Cc1ccc(O)cc1)NC1=CC(=O)N[C@H]1CC(=O)O. The molecule has 8 heteroatoms. The van der Waals surface area contributed by atoms with Gasteiger partial charge in [-0.2, -0.15) is 0 Å². The maximum absolute atomic E-state index is 12.0. The van der Waals surface area contributed by atoms with Crippen LogP contribution in [0.2, 0.25) is 0 Å². The molecule has 0 saturated heterocycles. The summed E-state index contributed by atoms with van der Waals surface area (Å²) in [6.07, 6.45) is 1.19. The van der Waals surface area contributed by atoms with Crippen LogP contribution in [0.1, 0.15) is 12.0 Å². The number of aromatic hydroxyl groups is 1. The highest BCUT2D eigenvalue weighted by Gasteiger charge is 2.30. The number of phenols is 1. The van der Waals surface area contributed by atoms with Gasteiger partial charge < -0.3 is 25.6 Å². The Kier molecular flexibility index (Phi) is 5.41. The Morgan fingerprint density at radius 2 is 2.00 bits per heavy atom. The summed E-state index contributed by atoms with van der Waals surface area (Å²) in [6.45, 7) is 0. The topological polar surface area (TPSA) is 125 Å². The third kappa shape index (κ3) is 4.48. The number of benzene rings is 1. The van der Waals surface area contributed by atoms with Gasteiger partial charge in [-0.05, 0) is 17.7 Å². The van der Waals surface area contributed by atoms with Crippen molar-refractivity contribution in [1.29, 1.82) is 0 Å². The van der Waals surface area contributed by atoms with Crippen LogP contribution in [-0.4, -0.2) is 47.3 Å². The third-order valence-electron chi connectivity index (χ3n) is 3.56. The van der Waals surface area contributed by atoms with Gasteiger partial charge in [-0.15, -0.1) is 0 Å². The molecule has 4 N–H and O–H groups in total. The Morgan fingerprint density at radius 3 is 2.58 bits per heavy atom. The zero-order valence-electron chi connectivity index (χ0n) is 13.0. The molecular formula is C16H18N2O6. The summed E-state index contributed by atoms with van der Waals surface area (Å²) >= 11 is 0. The first-order chi connectivity index (χ1) is 11.4. The van der Waals surface area contributed by atoms with E-state index in [0.717, 1.165) is 5.56 Å². The van der Waals surface area contributed by atoms with Gasteiger partial charge in [0.15, 0.2) is 0 Å². The molecule has 1 aliphatic rings. The predicted molar refractivity (Wildman–Crippen MR) is 83.0 cm³/mol. The minimum absolute atomic E-state index is 0.108. The first-order valence-electron chi connectivity index (χ1n) is 7.25. The van der Waals surface area contributed by atoms with Crippen molar-refractivity contribution in [3.63, 3.8) is 0 Å². The van der Waals surface area contributed by atoms with Gasteiger partial charge in [-0.3, -0.25) is 9.59 Å². The fourth-order valence-corrected chi connectivity index (χ4v) is 2.42. The van der Waals surface area contributed by atoms with E-state index in [0.29, 0.717) is 5.70 Å². The van der Waals surface area contributed by atoms with Crippen LogP contribution in [0.15, 0.2) is 36.0 Å². The van der Waals surface area contributed by atoms with E-state index in [-0.39, 0.29) is 18.6 Å². The number of carboxylic acid groups (broad SMARTS) is 1. The average Bonchev–Trinajstić information content (AvgIpc) is 2.86. The van der Waals surface area contributed by atoms with Gasteiger partial charge in [0.05, 0.1) is 19.6 Å². The molecule has 1 aliphatic heterocycles. The molecule has 1 heterocycles. The number of carbonyl (C=O) groups excluding carboxylic acids is 2. The van der Waals surface area contributed by atoms with Crippen LogP contribution in [0, 0.1) is 0 Å². The second-order valence-corrected chi connectivity index (χ2v) is 5.35. The van der Waals surface area contributed by atoms with Crippen LogP contribution < -0.4 is 10.6 Å². The molecule has 1 amide bonds. The van der Waals surface area contributed by atoms with E-state index in [2.05, 4.69) is 10.6 Å². The second-order valence-electron chi connectivity index (χ2n) is 5.35. The van der Waals surface area contributed by atoms with Crippen molar-refractivity contribution in [3.8, 4) is 5.75 Å². The lowest BCUT2D eigenvalue weighted by molar-refractivity contribution is -0.142. The molecule has 0 bridgehead atoms. The molecule has 2 rings (SSSR count). The molecule has 0 aliphatic carbocycles. The van der Waals surface area contributed by atoms with Crippen molar-refractivity contribution in [2.24, 2.45) is 0 Å². The zero-order valence-corrected chi connectivity index (χ0v) is 13.0. The zero-order chi connectivity index (χ0) is 17.7. The van der Waals surface area contributed by atoms with Gasteiger partial charge in [-0.25, -0.2) is 4.79 Å². The second kappa shape index (κ2) is 7.49. The summed E-state index contributed by atoms with van der Waals surface area (Å²) in [7, 11) is 1.25. The fraction of sp³-hybridized carbons (Fsp3) is 0.312. The molecule has 0 fully saturated rings. The number of phenolic OH excluding ortho intramolecular Hbond substituents is 1. The number of carbonyl (C=O) groups is 3. The monoisotopic (exact) mass is 334 g/mol. The van der Waals surface area contributed by atoms with Crippen LogP contribution in [0.5, 0.6) is 5.75 Å². The average molecular weight is 334 g/mol. The molecular weight excluding hydrogens is 316 g/mol. The van der Waals surface area contributed by atoms with Crippen molar-refractivity contribution in [3.05, 3.63) is 41.6 Å². The van der Waals surface area contributed by atoms with Crippen molar-refractivity contribution in [2.45, 2.75) is 24.9 Å². The van der Waals surface area contributed by atoms with Gasteiger partial charge in [0.2, 0.25) is 5.91 Å². The molecule has 0 spiro atoms. The van der Waals surface area contributed by atoms with Crippen molar-refractivity contribution >= 4 is 17.8 Å². The lowest BCUT2D eigenvalue weighted by Crippen LogP contribution is -2.43. The number of nitrogens with one attached hydrogen (secondary N) is 2. The summed E-state index contributed by atoms with van der Waals surface area (Å²) in [5.41, 5.74) is 1.10. The highest BCUT2D eigenvalue weighted by atomic mass is 16.5. The Hall–Kier alpha value is -3.03. The maximum atomic E-state index is 12.0. The third-order valence-corrected chi connectivity index (χ3v) is 3.56. The summed E-state index contributed by atoms with van der Waals surface area (Å²) in [5, 5.41) is 23.6. The summed E-state index contributed by atoms with van der Waals surface area (Å²) < 4.78 is 4.76. The fourth-order valence-electron chi connectivity index (χ4n) is 2.42. The van der Waals surface area contributed by atoms with Crippen LogP contribution in [0.4, 0.5) is 0 Å². The maximum Gasteiger partial charge on any atom is 0.328 e. The molecule has 0 aromatic heterocycles. The van der Waals surface area contributed by atoms with Gasteiger partial charge in [0.25, 0.3) is 0 Å². The van der Waals surface area contributed by atoms with E-state index in [1.165, 1.54) is 25.3 Å². The molecule has 128 valence electrons. The lowest BCUT2D eigenvalue weighted by Gasteiger charge is -2.21. The smallest absolute Gasteiger partial charge is 0.328 e. The number of aliphatic carboxylic acids is 1. The molecule has 24 heavy (non-hydrogen) atoms. The van der Waals surface area contributed by atoms with Gasteiger partial charge >= 0.3 is 11.9 Å². The Bertz CT molecular complexity index is 668. The summed E-state index contributed by atoms with van der Waals surface area (Å²) in [4.78, 5) is 34.4. The molecule has 1 aromatic carbocycles. The first kappa shape index (κ1) is 17.3. The van der Waals surface area contributed by atoms with Crippen molar-refractivity contribution in [1.82, 2.24) is 10.6 Å². The Balaban J connectivity index is 2.14. The van der Waals surface area contributed by atoms with E-state index in [1.807, 2.05) is 0 Å². The largest absolute Gasteiger partial charge is 0.508 e. The molecule has 0 saturated carbocycles. The molecule has 8 nitrogen and oxygen atoms in total. The lowest BCUT2D eigenvalue weighted by atomic mass is 10.0. The van der Waals surface area contributed by atoms with Crippen LogP contribution in [0.3, 0.4) is 0 Å². The standard InChI is InChI=1S/C16H18N2O6/c1-24-16(23)13(6-9-2-4-10(19)5-3-9)17-11-7-14(20)18-12(11)8-15(21)22/h2-5,7,12-13,17,19H,6,8H2,1H3,(H,18,20)(H,21,22)/t12-,13-/m0/s1. The van der Waals surface area contributed by atoms with Crippen molar-refractivity contribution < 1.29 is 29.3 Å². The van der Waals surface area contributed by atoms with Gasteiger partial charge in [-0.1, -0.05) is 12.1 Å². The van der Waals surface area contributed by atoms with Crippen LogP contribution >= 0.6 is 0 Å². The number of esters is 1. The molecule has 0 radical (unpaired) electrons. The van der Waals surface area contributed by atoms with Crippen LogP contribution in [0.25, 0.3) is 0 Å². The quantitative estimate of drug-likeness (QED) is 0.514. The normalized spacial score (nSPS) is 17.6. The van der Waals surface area contributed by atoms with E-state index < -0.39 is 29.9 Å². The molecule has 2 atom stereocenters. The van der Waals surface area contributed by atoms with Crippen molar-refractivity contribution in [2.75, 3.05) is 7.11 Å². The number of rotatable bonds is 7. The number of ether oxygens (including phenoxy) is 1. The highest BCUT2D eigenvalue weighted by Crippen LogP contribution is 2.15. The minimum atomic E-state index is -1.07. The summed E-state index contributed by atoms with van der Waals surface area (Å²) in [6, 6.07) is 4.80. The number of hydrogen-bond donors (Lipinski definition) is 4. The van der Waals surface area contributed by atoms with E-state index in [1.54, 1.807) is 12.1 Å². The van der Waals surface area contributed by atoms with E-state index >= 15 is 0 Å². The number of methoxy groups -OCH3 is 1. The molecule has 0 unspecified atom stereocenters. The number of amides is 1. The minimum Gasteiger partial charge on any atom is -0.508 e. The Morgan fingerprint density at radius 1 is 1.33 bits per heavy atom. The van der Waals surface area contributed by atoms with Gasteiger partial charge in [0.1, 0.15) is 11.8 Å². The number of carboxylic acids is 1. The van der Waals surface area contributed by atoms with Gasteiger partial charge in [0, 0.05) is 18.2 Å². The van der Waals surface area contributed by atoms with Crippen LogP contribution in [-0.2, 0) is 25.5 Å². The summed E-state index contributed by atoms with van der Waals surface area (Å²) in [5.74, 6) is -1.92. The van der Waals surface area contributed by atoms with E-state index in [9.17, 15) is 19.5 Å². The Labute approximate surface area is 138 Å². The first-order valence-corrected chi connectivity index (χ1v) is 7.25. The van der Waals surface area contributed by atoms with E-state index in [4.69, 9.17) is 9.84 Å². The predicted octanol–water partition coefficient (Wildman–Crippen LogP) is -0.0771. The highest BCUT2D eigenvalue weighted by molar-refractivity contribution is 5.92. The molecule has 1 aromatic rings. The number of hydrogen-bond acceptors (Lipinski definition) is 6.